The van der Waals surface area contributed by atoms with E-state index in [9.17, 15) is 14.4 Å². The lowest BCUT2D eigenvalue weighted by Crippen LogP contribution is -2.34. The Morgan fingerprint density at radius 2 is 1.81 bits per heavy atom. The van der Waals surface area contributed by atoms with Crippen LogP contribution in [0.3, 0.4) is 0 Å². The molecule has 0 aliphatic heterocycles. The predicted octanol–water partition coefficient (Wildman–Crippen LogP) is 2.32. The summed E-state index contributed by atoms with van der Waals surface area (Å²) in [6, 6.07) is 4.86. The summed E-state index contributed by atoms with van der Waals surface area (Å²) in [5, 5.41) is 2.65. The molecule has 7 heteroatoms. The molecule has 0 aromatic carbocycles. The van der Waals surface area contributed by atoms with E-state index in [-0.39, 0.29) is 40.6 Å². The second kappa shape index (κ2) is 6.67. The third kappa shape index (κ3) is 3.46. The highest BCUT2D eigenvalue weighted by molar-refractivity contribution is 6.27. The average molecular weight is 353 g/mol. The fourth-order valence-corrected chi connectivity index (χ4v) is 2.76. The Kier molecular flexibility index (Phi) is 4.54. The molecule has 0 bridgehead atoms. The molecule has 2 aromatic heterocycles. The van der Waals surface area contributed by atoms with E-state index in [1.807, 2.05) is 0 Å². The van der Waals surface area contributed by atoms with E-state index in [2.05, 4.69) is 15.3 Å². The Hall–Kier alpha value is -3.09. The van der Waals surface area contributed by atoms with Gasteiger partial charge in [-0.3, -0.25) is 19.6 Å². The van der Waals surface area contributed by atoms with Crippen LogP contribution in [0.4, 0.5) is 4.79 Å². The molecule has 1 aliphatic rings. The highest BCUT2D eigenvalue weighted by Gasteiger charge is 2.33. The van der Waals surface area contributed by atoms with Crippen LogP contribution >= 0.6 is 0 Å². The highest BCUT2D eigenvalue weighted by Crippen LogP contribution is 2.27. The Labute approximate surface area is 150 Å². The van der Waals surface area contributed by atoms with Crippen LogP contribution in [0, 0.1) is 0 Å². The Morgan fingerprint density at radius 3 is 2.54 bits per heavy atom. The van der Waals surface area contributed by atoms with Crippen molar-refractivity contribution in [1.29, 1.82) is 0 Å². The molecular formula is C19H19N3O4. The number of carbonyl (C=O) groups is 3. The average Bonchev–Trinajstić information content (AvgIpc) is 2.58. The smallest absolute Gasteiger partial charge is 0.407 e. The minimum Gasteiger partial charge on any atom is -0.444 e. The second-order valence-electron chi connectivity index (χ2n) is 6.93. The van der Waals surface area contributed by atoms with Gasteiger partial charge in [-0.05, 0) is 51.0 Å². The number of nitrogens with one attached hydrogen (secondary N) is 1. The van der Waals surface area contributed by atoms with Crippen molar-refractivity contribution >= 4 is 17.7 Å². The lowest BCUT2D eigenvalue weighted by molar-refractivity contribution is 0.0528. The van der Waals surface area contributed by atoms with Crippen LogP contribution in [0.15, 0.2) is 30.6 Å². The van der Waals surface area contributed by atoms with Crippen LogP contribution in [0.25, 0.3) is 0 Å². The number of rotatable bonds is 3. The SMILES string of the molecule is CC(C)(C)OC(=O)NCCc1ccnc2c1C(=O)c1ncccc1C2=O. The largest absolute Gasteiger partial charge is 0.444 e. The first-order valence-electron chi connectivity index (χ1n) is 8.27. The Bertz CT molecular complexity index is 900. The zero-order chi connectivity index (χ0) is 18.9. The van der Waals surface area contributed by atoms with Crippen LogP contribution < -0.4 is 5.32 Å². The standard InChI is InChI=1S/C19H19N3O4/c1-19(2,3)26-18(25)22-10-7-11-6-9-21-15-13(11)17(24)14-12(16(15)23)5-4-8-20-14/h4-6,8-9H,7,10H2,1-3H3,(H,22,25). The van der Waals surface area contributed by atoms with Gasteiger partial charge in [0.25, 0.3) is 0 Å². The number of hydrogen-bond acceptors (Lipinski definition) is 6. The maximum Gasteiger partial charge on any atom is 0.407 e. The zero-order valence-corrected chi connectivity index (χ0v) is 14.8. The van der Waals surface area contributed by atoms with Gasteiger partial charge in [0.1, 0.15) is 17.0 Å². The normalized spacial score (nSPS) is 13.0. The monoisotopic (exact) mass is 353 g/mol. The molecule has 2 heterocycles. The molecule has 0 spiro atoms. The van der Waals surface area contributed by atoms with E-state index in [1.54, 1.807) is 39.0 Å². The van der Waals surface area contributed by atoms with Crippen molar-refractivity contribution in [3.05, 3.63) is 58.7 Å². The van der Waals surface area contributed by atoms with Gasteiger partial charge in [-0.1, -0.05) is 0 Å². The molecule has 0 atom stereocenters. The minimum absolute atomic E-state index is 0.130. The lowest BCUT2D eigenvalue weighted by Gasteiger charge is -2.20. The fourth-order valence-electron chi connectivity index (χ4n) is 2.76. The third-order valence-corrected chi connectivity index (χ3v) is 3.81. The molecule has 0 fully saturated rings. The Balaban J connectivity index is 1.80. The van der Waals surface area contributed by atoms with Gasteiger partial charge < -0.3 is 10.1 Å². The minimum atomic E-state index is -0.586. The number of hydrogen-bond donors (Lipinski definition) is 1. The molecule has 1 N–H and O–H groups in total. The third-order valence-electron chi connectivity index (χ3n) is 3.81. The topological polar surface area (TPSA) is 98.2 Å². The maximum absolute atomic E-state index is 12.8. The van der Waals surface area contributed by atoms with Gasteiger partial charge in [0, 0.05) is 18.9 Å². The summed E-state index contributed by atoms with van der Waals surface area (Å²) < 4.78 is 5.18. The molecular weight excluding hydrogens is 334 g/mol. The first-order valence-corrected chi connectivity index (χ1v) is 8.27. The maximum atomic E-state index is 12.8. The van der Waals surface area contributed by atoms with Crippen LogP contribution in [0.5, 0.6) is 0 Å². The van der Waals surface area contributed by atoms with Crippen LogP contribution in [-0.2, 0) is 11.2 Å². The number of aromatic nitrogens is 2. The Morgan fingerprint density at radius 1 is 1.08 bits per heavy atom. The summed E-state index contributed by atoms with van der Waals surface area (Å²) in [6.07, 6.45) is 2.81. The molecule has 0 saturated carbocycles. The van der Waals surface area contributed by atoms with Gasteiger partial charge >= 0.3 is 6.09 Å². The molecule has 3 rings (SSSR count). The molecule has 134 valence electrons. The first kappa shape index (κ1) is 17.7. The van der Waals surface area contributed by atoms with Gasteiger partial charge in [-0.25, -0.2) is 4.79 Å². The second-order valence-corrected chi connectivity index (χ2v) is 6.93. The van der Waals surface area contributed by atoms with Crippen LogP contribution in [0.1, 0.15) is 58.4 Å². The molecule has 2 aromatic rings. The molecule has 0 saturated heterocycles. The zero-order valence-electron chi connectivity index (χ0n) is 14.8. The van der Waals surface area contributed by atoms with Crippen LogP contribution in [0.2, 0.25) is 0 Å². The van der Waals surface area contributed by atoms with E-state index in [0.717, 1.165) is 0 Å². The van der Waals surface area contributed by atoms with Gasteiger partial charge in [-0.15, -0.1) is 0 Å². The van der Waals surface area contributed by atoms with Crippen molar-refractivity contribution in [2.45, 2.75) is 32.8 Å². The summed E-state index contributed by atoms with van der Waals surface area (Å²) in [7, 11) is 0. The quantitative estimate of drug-likeness (QED) is 0.776. The summed E-state index contributed by atoms with van der Waals surface area (Å²) in [4.78, 5) is 45.3. The molecule has 1 amide bonds. The lowest BCUT2D eigenvalue weighted by atomic mass is 9.87. The molecule has 1 aliphatic carbocycles. The van der Waals surface area contributed by atoms with Crippen molar-refractivity contribution in [3.63, 3.8) is 0 Å². The van der Waals surface area contributed by atoms with Gasteiger partial charge in [0.2, 0.25) is 11.6 Å². The van der Waals surface area contributed by atoms with Crippen LogP contribution in [-0.4, -0.2) is 39.8 Å². The highest BCUT2D eigenvalue weighted by atomic mass is 16.6. The summed E-state index contributed by atoms with van der Waals surface area (Å²) in [5.74, 6) is -0.639. The number of pyridine rings is 2. The predicted molar refractivity (Wildman–Crippen MR) is 93.3 cm³/mol. The number of ether oxygens (including phenoxy) is 1. The number of alkyl carbamates (subject to hydrolysis) is 1. The van der Waals surface area contributed by atoms with Gasteiger partial charge in [0.05, 0.1) is 11.1 Å². The molecule has 0 radical (unpaired) electrons. The number of nitrogens with zero attached hydrogens (tertiary/aromatic N) is 2. The first-order chi connectivity index (χ1) is 12.3. The summed E-state index contributed by atoms with van der Waals surface area (Å²) in [6.45, 7) is 5.60. The number of carbonyl (C=O) groups excluding carboxylic acids is 3. The molecule has 7 nitrogen and oxygen atoms in total. The van der Waals surface area contributed by atoms with E-state index < -0.39 is 11.7 Å². The van der Waals surface area contributed by atoms with Gasteiger partial charge in [0.15, 0.2) is 0 Å². The number of amides is 1. The van der Waals surface area contributed by atoms with Gasteiger partial charge in [-0.2, -0.15) is 0 Å². The number of ketones is 2. The number of fused-ring (bicyclic) bond motifs is 2. The van der Waals surface area contributed by atoms with E-state index in [0.29, 0.717) is 12.0 Å². The van der Waals surface area contributed by atoms with Crippen molar-refractivity contribution in [2.24, 2.45) is 0 Å². The van der Waals surface area contributed by atoms with E-state index in [1.165, 1.54) is 12.4 Å². The van der Waals surface area contributed by atoms with Crippen molar-refractivity contribution in [2.75, 3.05) is 6.54 Å². The van der Waals surface area contributed by atoms with Crippen molar-refractivity contribution in [3.8, 4) is 0 Å². The fraction of sp³-hybridized carbons (Fsp3) is 0.316. The summed E-state index contributed by atoms with van der Waals surface area (Å²) >= 11 is 0. The molecule has 26 heavy (non-hydrogen) atoms. The van der Waals surface area contributed by atoms with Crippen molar-refractivity contribution < 1.29 is 19.1 Å². The summed E-state index contributed by atoms with van der Waals surface area (Å²) in [5.41, 5.74) is 0.846. The van der Waals surface area contributed by atoms with E-state index >= 15 is 0 Å². The molecule has 0 unspecified atom stereocenters. The van der Waals surface area contributed by atoms with Crippen molar-refractivity contribution in [1.82, 2.24) is 15.3 Å². The van der Waals surface area contributed by atoms with E-state index in [4.69, 9.17) is 4.74 Å².